The van der Waals surface area contributed by atoms with E-state index in [1.54, 1.807) is 20.3 Å². The Morgan fingerprint density at radius 1 is 1.13 bits per heavy atom. The van der Waals surface area contributed by atoms with Crippen molar-refractivity contribution >= 4 is 22.5 Å². The number of hydrogen-bond donors (Lipinski definition) is 0. The van der Waals surface area contributed by atoms with E-state index < -0.39 is 0 Å². The summed E-state index contributed by atoms with van der Waals surface area (Å²) in [4.78, 5) is 4.28. The van der Waals surface area contributed by atoms with Gasteiger partial charge in [-0.3, -0.25) is 0 Å². The summed E-state index contributed by atoms with van der Waals surface area (Å²) in [6.07, 6.45) is 0. The van der Waals surface area contributed by atoms with E-state index in [1.807, 2.05) is 18.2 Å². The highest BCUT2D eigenvalue weighted by Gasteiger charge is 2.05. The molecule has 0 amide bonds. The van der Waals surface area contributed by atoms with Gasteiger partial charge in [-0.1, -0.05) is 11.6 Å². The van der Waals surface area contributed by atoms with E-state index in [0.29, 0.717) is 10.9 Å². The monoisotopic (exact) mass is 223 g/mol. The number of methoxy groups -OCH3 is 2. The summed E-state index contributed by atoms with van der Waals surface area (Å²) < 4.78 is 10.2. The van der Waals surface area contributed by atoms with Crippen LogP contribution in [-0.2, 0) is 0 Å². The maximum Gasteiger partial charge on any atom is 0.215 e. The molecular formula is C11H10ClNO2. The zero-order valence-electron chi connectivity index (χ0n) is 8.45. The van der Waals surface area contributed by atoms with Crippen LogP contribution in [0.3, 0.4) is 0 Å². The number of nitrogens with zero attached hydrogens (tertiary/aromatic N) is 1. The van der Waals surface area contributed by atoms with Gasteiger partial charge in [-0.2, -0.15) is 0 Å². The molecule has 0 radical (unpaired) electrons. The number of benzene rings is 1. The van der Waals surface area contributed by atoms with Crippen molar-refractivity contribution < 1.29 is 9.47 Å². The standard InChI is InChI=1S/C11H10ClNO2/c1-14-7-3-4-8-9(12)6-11(15-2)13-10(8)5-7/h3-6H,1-2H3. The highest BCUT2D eigenvalue weighted by Crippen LogP contribution is 2.28. The second-order valence-corrected chi connectivity index (χ2v) is 3.44. The van der Waals surface area contributed by atoms with E-state index in [1.165, 1.54) is 0 Å². The molecule has 0 saturated carbocycles. The number of fused-ring (bicyclic) bond motifs is 1. The molecule has 0 aliphatic rings. The van der Waals surface area contributed by atoms with Gasteiger partial charge in [0.2, 0.25) is 5.88 Å². The molecule has 0 saturated heterocycles. The summed E-state index contributed by atoms with van der Waals surface area (Å²) in [6, 6.07) is 7.24. The second kappa shape index (κ2) is 3.95. The maximum atomic E-state index is 6.08. The van der Waals surface area contributed by atoms with Crippen molar-refractivity contribution in [2.45, 2.75) is 0 Å². The Morgan fingerprint density at radius 3 is 2.60 bits per heavy atom. The fraction of sp³-hybridized carbons (Fsp3) is 0.182. The van der Waals surface area contributed by atoms with Crippen LogP contribution in [0.25, 0.3) is 10.9 Å². The first-order valence-electron chi connectivity index (χ1n) is 4.43. The Hall–Kier alpha value is -1.48. The van der Waals surface area contributed by atoms with Gasteiger partial charge in [0.15, 0.2) is 0 Å². The fourth-order valence-electron chi connectivity index (χ4n) is 1.37. The van der Waals surface area contributed by atoms with Crippen molar-refractivity contribution in [3.8, 4) is 11.6 Å². The molecule has 78 valence electrons. The highest BCUT2D eigenvalue weighted by atomic mass is 35.5. The van der Waals surface area contributed by atoms with Gasteiger partial charge in [-0.05, 0) is 12.1 Å². The number of rotatable bonds is 2. The normalized spacial score (nSPS) is 10.3. The van der Waals surface area contributed by atoms with Gasteiger partial charge < -0.3 is 9.47 Å². The first kappa shape index (κ1) is 10.1. The summed E-state index contributed by atoms with van der Waals surface area (Å²) in [5, 5.41) is 1.51. The van der Waals surface area contributed by atoms with E-state index in [-0.39, 0.29) is 0 Å². The average molecular weight is 224 g/mol. The zero-order valence-corrected chi connectivity index (χ0v) is 9.21. The summed E-state index contributed by atoms with van der Waals surface area (Å²) in [5.74, 6) is 1.25. The molecule has 15 heavy (non-hydrogen) atoms. The molecule has 0 N–H and O–H groups in total. The number of hydrogen-bond acceptors (Lipinski definition) is 3. The van der Waals surface area contributed by atoms with Gasteiger partial charge in [0.25, 0.3) is 0 Å². The van der Waals surface area contributed by atoms with Crippen LogP contribution >= 0.6 is 11.6 Å². The molecule has 2 rings (SSSR count). The van der Waals surface area contributed by atoms with Gasteiger partial charge in [-0.25, -0.2) is 4.98 Å². The van der Waals surface area contributed by atoms with Crippen LogP contribution in [0.5, 0.6) is 11.6 Å². The minimum Gasteiger partial charge on any atom is -0.497 e. The van der Waals surface area contributed by atoms with Gasteiger partial charge in [-0.15, -0.1) is 0 Å². The van der Waals surface area contributed by atoms with E-state index in [4.69, 9.17) is 21.1 Å². The number of ether oxygens (including phenoxy) is 2. The topological polar surface area (TPSA) is 31.4 Å². The van der Waals surface area contributed by atoms with Crippen LogP contribution < -0.4 is 9.47 Å². The van der Waals surface area contributed by atoms with Crippen LogP contribution in [0.1, 0.15) is 0 Å². The Morgan fingerprint density at radius 2 is 1.93 bits per heavy atom. The summed E-state index contributed by atoms with van der Waals surface area (Å²) >= 11 is 6.08. The molecule has 0 fully saturated rings. The summed E-state index contributed by atoms with van der Waals surface area (Å²) in [6.45, 7) is 0. The third-order valence-corrected chi connectivity index (χ3v) is 2.46. The van der Waals surface area contributed by atoms with Crippen molar-refractivity contribution in [2.75, 3.05) is 14.2 Å². The van der Waals surface area contributed by atoms with Gasteiger partial charge >= 0.3 is 0 Å². The Balaban J connectivity index is 2.69. The van der Waals surface area contributed by atoms with Gasteiger partial charge in [0.1, 0.15) is 5.75 Å². The number of halogens is 1. The molecule has 2 aromatic rings. The minimum atomic E-state index is 0.501. The van der Waals surface area contributed by atoms with Crippen molar-refractivity contribution in [3.05, 3.63) is 29.3 Å². The third kappa shape index (κ3) is 1.83. The third-order valence-electron chi connectivity index (χ3n) is 2.15. The zero-order chi connectivity index (χ0) is 10.8. The number of pyridine rings is 1. The van der Waals surface area contributed by atoms with E-state index in [9.17, 15) is 0 Å². The minimum absolute atomic E-state index is 0.501. The molecule has 1 heterocycles. The second-order valence-electron chi connectivity index (χ2n) is 3.03. The van der Waals surface area contributed by atoms with E-state index in [0.717, 1.165) is 16.7 Å². The van der Waals surface area contributed by atoms with Crippen molar-refractivity contribution in [1.82, 2.24) is 4.98 Å². The van der Waals surface area contributed by atoms with Crippen LogP contribution in [0.2, 0.25) is 5.02 Å². The van der Waals surface area contributed by atoms with Crippen LogP contribution in [0.4, 0.5) is 0 Å². The average Bonchev–Trinajstić information content (AvgIpc) is 2.28. The predicted octanol–water partition coefficient (Wildman–Crippen LogP) is 2.91. The molecular weight excluding hydrogens is 214 g/mol. The quantitative estimate of drug-likeness (QED) is 0.785. The van der Waals surface area contributed by atoms with Gasteiger partial charge in [0, 0.05) is 17.5 Å². The largest absolute Gasteiger partial charge is 0.497 e. The molecule has 0 bridgehead atoms. The van der Waals surface area contributed by atoms with Crippen molar-refractivity contribution in [1.29, 1.82) is 0 Å². The SMILES string of the molecule is COc1ccc2c(Cl)cc(OC)nc2c1. The van der Waals surface area contributed by atoms with Crippen LogP contribution in [0, 0.1) is 0 Å². The molecule has 0 aliphatic heterocycles. The Labute approximate surface area is 92.6 Å². The molecule has 0 spiro atoms. The molecule has 0 unspecified atom stereocenters. The lowest BCUT2D eigenvalue weighted by molar-refractivity contribution is 0.399. The molecule has 4 heteroatoms. The van der Waals surface area contributed by atoms with Crippen LogP contribution in [0.15, 0.2) is 24.3 Å². The van der Waals surface area contributed by atoms with E-state index >= 15 is 0 Å². The first-order chi connectivity index (χ1) is 7.24. The lowest BCUT2D eigenvalue weighted by Gasteiger charge is -2.05. The van der Waals surface area contributed by atoms with Crippen molar-refractivity contribution in [3.63, 3.8) is 0 Å². The van der Waals surface area contributed by atoms with Crippen LogP contribution in [-0.4, -0.2) is 19.2 Å². The molecule has 1 aromatic heterocycles. The molecule has 0 atom stereocenters. The highest BCUT2D eigenvalue weighted by molar-refractivity contribution is 6.35. The first-order valence-corrected chi connectivity index (χ1v) is 4.80. The summed E-state index contributed by atoms with van der Waals surface area (Å²) in [5.41, 5.74) is 0.763. The van der Waals surface area contributed by atoms with Crippen molar-refractivity contribution in [2.24, 2.45) is 0 Å². The summed E-state index contributed by atoms with van der Waals surface area (Å²) in [7, 11) is 3.17. The lowest BCUT2D eigenvalue weighted by atomic mass is 10.2. The Kier molecular flexibility index (Phi) is 2.64. The van der Waals surface area contributed by atoms with Gasteiger partial charge in [0.05, 0.1) is 24.8 Å². The molecule has 1 aromatic carbocycles. The predicted molar refractivity (Wildman–Crippen MR) is 59.9 cm³/mol. The fourth-order valence-corrected chi connectivity index (χ4v) is 1.63. The molecule has 3 nitrogen and oxygen atoms in total. The smallest absolute Gasteiger partial charge is 0.215 e. The molecule has 0 aliphatic carbocycles. The Bertz CT molecular complexity index is 494. The maximum absolute atomic E-state index is 6.08. The number of aromatic nitrogens is 1. The van der Waals surface area contributed by atoms with E-state index in [2.05, 4.69) is 4.98 Å². The lowest BCUT2D eigenvalue weighted by Crippen LogP contribution is -1.90.